The molecule has 2 aromatic rings. The molecule has 1 unspecified atom stereocenters. The lowest BCUT2D eigenvalue weighted by molar-refractivity contribution is 0.568. The van der Waals surface area contributed by atoms with Gasteiger partial charge in [-0.05, 0) is 36.7 Å². The number of hydrogen-bond donors (Lipinski definition) is 1. The fourth-order valence-electron chi connectivity index (χ4n) is 1.84. The first kappa shape index (κ1) is 11.0. The standard InChI is InChI=1S/C14H17NO/c1-3-15-11(2)12-5-4-6-13(9-12)14-7-8-16-10-14/h4-11,15H,3H2,1-2H3. The molecule has 84 valence electrons. The SMILES string of the molecule is CCNC(C)c1cccc(-c2ccoc2)c1. The zero-order valence-electron chi connectivity index (χ0n) is 9.73. The van der Waals surface area contributed by atoms with E-state index in [2.05, 4.69) is 43.4 Å². The summed E-state index contributed by atoms with van der Waals surface area (Å²) in [5, 5.41) is 3.41. The van der Waals surface area contributed by atoms with E-state index in [0.29, 0.717) is 6.04 Å². The second-order valence-corrected chi connectivity index (χ2v) is 3.92. The van der Waals surface area contributed by atoms with Crippen LogP contribution in [-0.4, -0.2) is 6.54 Å². The summed E-state index contributed by atoms with van der Waals surface area (Å²) in [4.78, 5) is 0. The number of hydrogen-bond acceptors (Lipinski definition) is 2. The van der Waals surface area contributed by atoms with Gasteiger partial charge in [0.25, 0.3) is 0 Å². The Balaban J connectivity index is 2.26. The number of furan rings is 1. The molecular weight excluding hydrogens is 198 g/mol. The molecule has 16 heavy (non-hydrogen) atoms. The molecule has 2 rings (SSSR count). The van der Waals surface area contributed by atoms with Crippen molar-refractivity contribution in [2.45, 2.75) is 19.9 Å². The topological polar surface area (TPSA) is 25.2 Å². The monoisotopic (exact) mass is 215 g/mol. The van der Waals surface area contributed by atoms with Gasteiger partial charge in [-0.3, -0.25) is 0 Å². The maximum Gasteiger partial charge on any atom is 0.0980 e. The molecule has 1 aromatic carbocycles. The van der Waals surface area contributed by atoms with Gasteiger partial charge in [0.2, 0.25) is 0 Å². The Morgan fingerprint density at radius 1 is 1.25 bits per heavy atom. The maximum absolute atomic E-state index is 5.10. The van der Waals surface area contributed by atoms with Crippen LogP contribution in [0.15, 0.2) is 47.3 Å². The molecule has 0 amide bonds. The largest absolute Gasteiger partial charge is 0.472 e. The zero-order valence-corrected chi connectivity index (χ0v) is 9.73. The average Bonchev–Trinajstić information content (AvgIpc) is 2.83. The fourth-order valence-corrected chi connectivity index (χ4v) is 1.84. The first-order valence-corrected chi connectivity index (χ1v) is 5.67. The summed E-state index contributed by atoms with van der Waals surface area (Å²) in [5.41, 5.74) is 3.64. The van der Waals surface area contributed by atoms with Crippen LogP contribution in [0.5, 0.6) is 0 Å². The Hall–Kier alpha value is -1.54. The molecule has 0 spiro atoms. The molecule has 2 nitrogen and oxygen atoms in total. The van der Waals surface area contributed by atoms with Gasteiger partial charge in [0, 0.05) is 11.6 Å². The summed E-state index contributed by atoms with van der Waals surface area (Å²) >= 11 is 0. The van der Waals surface area contributed by atoms with E-state index in [0.717, 1.165) is 12.1 Å². The first-order valence-electron chi connectivity index (χ1n) is 5.67. The summed E-state index contributed by atoms with van der Waals surface area (Å²) in [7, 11) is 0. The van der Waals surface area contributed by atoms with Crippen LogP contribution < -0.4 is 5.32 Å². The van der Waals surface area contributed by atoms with Gasteiger partial charge in [0.15, 0.2) is 0 Å². The maximum atomic E-state index is 5.10. The van der Waals surface area contributed by atoms with Crippen molar-refractivity contribution in [3.63, 3.8) is 0 Å². The van der Waals surface area contributed by atoms with Crippen molar-refractivity contribution in [3.05, 3.63) is 48.4 Å². The van der Waals surface area contributed by atoms with Crippen molar-refractivity contribution in [1.82, 2.24) is 5.32 Å². The van der Waals surface area contributed by atoms with Gasteiger partial charge < -0.3 is 9.73 Å². The van der Waals surface area contributed by atoms with Crippen molar-refractivity contribution in [2.75, 3.05) is 6.54 Å². The lowest BCUT2D eigenvalue weighted by Crippen LogP contribution is -2.17. The smallest absolute Gasteiger partial charge is 0.0980 e. The third-order valence-corrected chi connectivity index (χ3v) is 2.75. The summed E-state index contributed by atoms with van der Waals surface area (Å²) in [6, 6.07) is 10.9. The van der Waals surface area contributed by atoms with Crippen LogP contribution >= 0.6 is 0 Å². The van der Waals surface area contributed by atoms with Gasteiger partial charge in [-0.15, -0.1) is 0 Å². The molecule has 0 aliphatic carbocycles. The van der Waals surface area contributed by atoms with Crippen molar-refractivity contribution in [2.24, 2.45) is 0 Å². The van der Waals surface area contributed by atoms with E-state index in [1.807, 2.05) is 6.07 Å². The highest BCUT2D eigenvalue weighted by molar-refractivity contribution is 5.62. The Labute approximate surface area is 96.3 Å². The minimum absolute atomic E-state index is 0.386. The van der Waals surface area contributed by atoms with Gasteiger partial charge in [-0.25, -0.2) is 0 Å². The molecular formula is C14H17NO. The van der Waals surface area contributed by atoms with Gasteiger partial charge in [0.1, 0.15) is 0 Å². The van der Waals surface area contributed by atoms with E-state index < -0.39 is 0 Å². The van der Waals surface area contributed by atoms with Crippen LogP contribution in [0, 0.1) is 0 Å². The average molecular weight is 215 g/mol. The van der Waals surface area contributed by atoms with E-state index in [1.54, 1.807) is 12.5 Å². The molecule has 0 fully saturated rings. The molecule has 1 atom stereocenters. The Bertz CT molecular complexity index is 434. The van der Waals surface area contributed by atoms with Gasteiger partial charge in [-0.2, -0.15) is 0 Å². The van der Waals surface area contributed by atoms with Crippen molar-refractivity contribution in [1.29, 1.82) is 0 Å². The van der Waals surface area contributed by atoms with Gasteiger partial charge in [0.05, 0.1) is 12.5 Å². The third-order valence-electron chi connectivity index (χ3n) is 2.75. The number of rotatable bonds is 4. The second-order valence-electron chi connectivity index (χ2n) is 3.92. The highest BCUT2D eigenvalue weighted by Gasteiger charge is 2.05. The first-order chi connectivity index (χ1) is 7.81. The molecule has 2 heteroatoms. The lowest BCUT2D eigenvalue weighted by Gasteiger charge is -2.13. The summed E-state index contributed by atoms with van der Waals surface area (Å²) < 4.78 is 5.10. The van der Waals surface area contributed by atoms with Crippen molar-refractivity contribution in [3.8, 4) is 11.1 Å². The number of benzene rings is 1. The van der Waals surface area contributed by atoms with Crippen molar-refractivity contribution >= 4 is 0 Å². The molecule has 0 saturated carbocycles. The highest BCUT2D eigenvalue weighted by atomic mass is 16.3. The molecule has 0 aliphatic rings. The van der Waals surface area contributed by atoms with E-state index in [-0.39, 0.29) is 0 Å². The van der Waals surface area contributed by atoms with Crippen LogP contribution in [0.4, 0.5) is 0 Å². The summed E-state index contributed by atoms with van der Waals surface area (Å²) in [5.74, 6) is 0. The minimum atomic E-state index is 0.386. The van der Waals surface area contributed by atoms with Crippen molar-refractivity contribution < 1.29 is 4.42 Å². The lowest BCUT2D eigenvalue weighted by atomic mass is 10.0. The number of nitrogens with one attached hydrogen (secondary N) is 1. The quantitative estimate of drug-likeness (QED) is 0.842. The minimum Gasteiger partial charge on any atom is -0.472 e. The van der Waals surface area contributed by atoms with Gasteiger partial charge in [-0.1, -0.05) is 25.1 Å². The normalized spacial score (nSPS) is 12.6. The van der Waals surface area contributed by atoms with E-state index in [9.17, 15) is 0 Å². The highest BCUT2D eigenvalue weighted by Crippen LogP contribution is 2.23. The predicted octanol–water partition coefficient (Wildman–Crippen LogP) is 3.62. The van der Waals surface area contributed by atoms with Gasteiger partial charge >= 0.3 is 0 Å². The van der Waals surface area contributed by atoms with Crippen LogP contribution in [0.1, 0.15) is 25.5 Å². The molecule has 0 saturated heterocycles. The molecule has 0 radical (unpaired) electrons. The zero-order chi connectivity index (χ0) is 11.4. The molecule has 1 heterocycles. The molecule has 1 N–H and O–H groups in total. The van der Waals surface area contributed by atoms with E-state index in [4.69, 9.17) is 4.42 Å². The van der Waals surface area contributed by atoms with Crippen LogP contribution in [0.3, 0.4) is 0 Å². The Morgan fingerprint density at radius 3 is 2.81 bits per heavy atom. The molecule has 0 bridgehead atoms. The summed E-state index contributed by atoms with van der Waals surface area (Å²) in [6.45, 7) is 5.28. The van der Waals surface area contributed by atoms with Crippen LogP contribution in [-0.2, 0) is 0 Å². The van der Waals surface area contributed by atoms with E-state index >= 15 is 0 Å². The fraction of sp³-hybridized carbons (Fsp3) is 0.286. The van der Waals surface area contributed by atoms with Crippen LogP contribution in [0.2, 0.25) is 0 Å². The summed E-state index contributed by atoms with van der Waals surface area (Å²) in [6.07, 6.45) is 3.48. The second kappa shape index (κ2) is 4.99. The Morgan fingerprint density at radius 2 is 2.12 bits per heavy atom. The van der Waals surface area contributed by atoms with E-state index in [1.165, 1.54) is 11.1 Å². The van der Waals surface area contributed by atoms with Crippen LogP contribution in [0.25, 0.3) is 11.1 Å². The predicted molar refractivity (Wildman–Crippen MR) is 66.2 cm³/mol. The third kappa shape index (κ3) is 2.34. The molecule has 0 aliphatic heterocycles. The Kier molecular flexibility index (Phi) is 3.42. The molecule has 1 aromatic heterocycles.